The lowest BCUT2D eigenvalue weighted by atomic mass is 10.1. The lowest BCUT2D eigenvalue weighted by Crippen LogP contribution is -2.56. The van der Waals surface area contributed by atoms with Gasteiger partial charge in [-0.05, 0) is 37.0 Å². The number of hydrogen-bond acceptors (Lipinski definition) is 6. The number of ether oxygens (including phenoxy) is 1. The fraction of sp³-hybridized carbons (Fsp3) is 0.550. The van der Waals surface area contributed by atoms with Crippen molar-refractivity contribution in [2.75, 3.05) is 37.7 Å². The second kappa shape index (κ2) is 9.92. The Hall–Kier alpha value is -2.57. The molecule has 0 saturated carbocycles. The Morgan fingerprint density at radius 2 is 1.97 bits per heavy atom. The maximum absolute atomic E-state index is 13.4. The smallest absolute Gasteiger partial charge is 0.253 e. The number of hydrogen-bond donors (Lipinski definition) is 2. The van der Waals surface area contributed by atoms with E-state index in [1.165, 1.54) is 21.9 Å². The zero-order chi connectivity index (χ0) is 23.5. The van der Waals surface area contributed by atoms with Crippen molar-refractivity contribution in [3.63, 3.8) is 0 Å². The third kappa shape index (κ3) is 5.08. The number of carbonyl (C=O) groups excluding carboxylic acids is 3. The maximum atomic E-state index is 13.4. The molecule has 0 bridgehead atoms. The van der Waals surface area contributed by atoms with E-state index >= 15 is 0 Å². The number of nitrogens with one attached hydrogen (secondary N) is 1. The second-order valence-corrected chi connectivity index (χ2v) is 9.34. The summed E-state index contributed by atoms with van der Waals surface area (Å²) in [7, 11) is -4.36. The normalized spacial score (nSPS) is 19.1. The van der Waals surface area contributed by atoms with E-state index in [-0.39, 0.29) is 56.3 Å². The molecule has 2 aliphatic rings. The summed E-state index contributed by atoms with van der Waals surface area (Å²) < 4.78 is 47.1. The van der Waals surface area contributed by atoms with E-state index in [0.717, 1.165) is 0 Å². The number of carbonyl (C=O) groups is 3. The standard InChI is InChI=1S/C20H27FN4O6S/c1-2-14-15(25-10-11-31-12-17(25)26)4-3-5-16(14)32(29,30)23-18(19(22)27)20(28)24-8-6-13(21)7-9-24/h3-5,13,18,23H,2,6-12H2,1H3,(H2,22,27)/t18-/m0/s1. The van der Waals surface area contributed by atoms with Gasteiger partial charge in [0.05, 0.1) is 11.5 Å². The van der Waals surface area contributed by atoms with Crippen LogP contribution in [0, 0.1) is 0 Å². The lowest BCUT2D eigenvalue weighted by molar-refractivity contribution is -0.138. The largest absolute Gasteiger partial charge is 0.370 e. The zero-order valence-corrected chi connectivity index (χ0v) is 18.6. The Morgan fingerprint density at radius 3 is 2.56 bits per heavy atom. The molecule has 1 aromatic carbocycles. The Bertz CT molecular complexity index is 994. The van der Waals surface area contributed by atoms with Gasteiger partial charge in [0.1, 0.15) is 12.8 Å². The Balaban J connectivity index is 1.90. The number of alkyl halides is 1. The average Bonchev–Trinajstić information content (AvgIpc) is 2.77. The highest BCUT2D eigenvalue weighted by Gasteiger charge is 2.36. The van der Waals surface area contributed by atoms with Crippen molar-refractivity contribution in [2.45, 2.75) is 43.3 Å². The predicted octanol–water partition coefficient (Wildman–Crippen LogP) is -0.295. The summed E-state index contributed by atoms with van der Waals surface area (Å²) in [5, 5.41) is 0. The number of sulfonamides is 1. The molecule has 176 valence electrons. The van der Waals surface area contributed by atoms with Gasteiger partial charge in [-0.15, -0.1) is 0 Å². The lowest BCUT2D eigenvalue weighted by Gasteiger charge is -2.31. The van der Waals surface area contributed by atoms with Gasteiger partial charge in [-0.25, -0.2) is 12.8 Å². The summed E-state index contributed by atoms with van der Waals surface area (Å²) in [5.74, 6) is -2.26. The fourth-order valence-electron chi connectivity index (χ4n) is 3.89. The van der Waals surface area contributed by atoms with Crippen LogP contribution in [0.2, 0.25) is 0 Å². The molecular formula is C20H27FN4O6S. The van der Waals surface area contributed by atoms with Crippen LogP contribution in [-0.4, -0.2) is 76.1 Å². The molecule has 10 nitrogen and oxygen atoms in total. The van der Waals surface area contributed by atoms with E-state index in [9.17, 15) is 27.2 Å². The summed E-state index contributed by atoms with van der Waals surface area (Å²) in [6.07, 6.45) is -0.546. The Morgan fingerprint density at radius 1 is 1.28 bits per heavy atom. The van der Waals surface area contributed by atoms with Gasteiger partial charge >= 0.3 is 0 Å². The average molecular weight is 471 g/mol. The van der Waals surface area contributed by atoms with Crippen LogP contribution < -0.4 is 15.4 Å². The molecule has 0 radical (unpaired) electrons. The SMILES string of the molecule is CCc1c(N2CCOCC2=O)cccc1S(=O)(=O)N[C@@H](C(N)=O)C(=O)N1CCC(F)CC1. The van der Waals surface area contributed by atoms with Gasteiger partial charge in [0.2, 0.25) is 21.8 Å². The van der Waals surface area contributed by atoms with E-state index in [4.69, 9.17) is 10.5 Å². The van der Waals surface area contributed by atoms with Gasteiger partial charge in [-0.3, -0.25) is 14.4 Å². The Labute approximate surface area is 185 Å². The number of morpholine rings is 1. The molecule has 2 fully saturated rings. The van der Waals surface area contributed by atoms with Crippen LogP contribution in [0.25, 0.3) is 0 Å². The van der Waals surface area contributed by atoms with Crippen LogP contribution in [0.4, 0.5) is 10.1 Å². The third-order valence-corrected chi connectivity index (χ3v) is 7.08. The van der Waals surface area contributed by atoms with Crippen molar-refractivity contribution in [1.82, 2.24) is 9.62 Å². The third-order valence-electron chi connectivity index (χ3n) is 5.57. The van der Waals surface area contributed by atoms with E-state index in [2.05, 4.69) is 4.72 Å². The van der Waals surface area contributed by atoms with Gasteiger partial charge in [0.15, 0.2) is 6.04 Å². The highest BCUT2D eigenvalue weighted by molar-refractivity contribution is 7.89. The van der Waals surface area contributed by atoms with Crippen molar-refractivity contribution < 1.29 is 31.9 Å². The molecular weight excluding hydrogens is 443 g/mol. The molecule has 3 rings (SSSR count). The minimum atomic E-state index is -4.36. The zero-order valence-electron chi connectivity index (χ0n) is 17.8. The fourth-order valence-corrected chi connectivity index (χ4v) is 5.37. The molecule has 2 heterocycles. The van der Waals surface area contributed by atoms with Gasteiger partial charge in [-0.1, -0.05) is 13.0 Å². The monoisotopic (exact) mass is 470 g/mol. The van der Waals surface area contributed by atoms with Crippen LogP contribution in [0.5, 0.6) is 0 Å². The summed E-state index contributed by atoms with van der Waals surface area (Å²) in [5.41, 5.74) is 6.13. The van der Waals surface area contributed by atoms with E-state index < -0.39 is 34.1 Å². The topological polar surface area (TPSA) is 139 Å². The van der Waals surface area contributed by atoms with Crippen LogP contribution in [-0.2, 0) is 35.6 Å². The van der Waals surface area contributed by atoms with Crippen molar-refractivity contribution in [3.05, 3.63) is 23.8 Å². The summed E-state index contributed by atoms with van der Waals surface area (Å²) in [6.45, 7) is 2.36. The molecule has 12 heteroatoms. The highest BCUT2D eigenvalue weighted by atomic mass is 32.2. The summed E-state index contributed by atoms with van der Waals surface area (Å²) >= 11 is 0. The number of nitrogens with zero attached hydrogens (tertiary/aromatic N) is 2. The van der Waals surface area contributed by atoms with Crippen molar-refractivity contribution in [3.8, 4) is 0 Å². The number of primary amides is 1. The van der Waals surface area contributed by atoms with Gasteiger partial charge in [0.25, 0.3) is 5.91 Å². The molecule has 0 spiro atoms. The number of amides is 3. The van der Waals surface area contributed by atoms with Crippen molar-refractivity contribution in [2.24, 2.45) is 5.73 Å². The van der Waals surface area contributed by atoms with Gasteiger partial charge in [0, 0.05) is 25.3 Å². The molecule has 3 amide bonds. The number of anilines is 1. The number of benzene rings is 1. The molecule has 2 aliphatic heterocycles. The number of piperidine rings is 1. The minimum Gasteiger partial charge on any atom is -0.370 e. The van der Waals surface area contributed by atoms with Crippen molar-refractivity contribution in [1.29, 1.82) is 0 Å². The Kier molecular flexibility index (Phi) is 7.47. The quantitative estimate of drug-likeness (QED) is 0.525. The van der Waals surface area contributed by atoms with Crippen LogP contribution >= 0.6 is 0 Å². The van der Waals surface area contributed by atoms with Gasteiger partial charge < -0.3 is 20.3 Å². The highest BCUT2D eigenvalue weighted by Crippen LogP contribution is 2.29. The van der Waals surface area contributed by atoms with Crippen LogP contribution in [0.1, 0.15) is 25.3 Å². The summed E-state index contributed by atoms with van der Waals surface area (Å²) in [6, 6.07) is 2.64. The van der Waals surface area contributed by atoms with Crippen LogP contribution in [0.3, 0.4) is 0 Å². The van der Waals surface area contributed by atoms with Crippen LogP contribution in [0.15, 0.2) is 23.1 Å². The molecule has 32 heavy (non-hydrogen) atoms. The van der Waals surface area contributed by atoms with E-state index in [1.54, 1.807) is 13.0 Å². The molecule has 0 aromatic heterocycles. The predicted molar refractivity (Wildman–Crippen MR) is 113 cm³/mol. The molecule has 1 aromatic rings. The number of likely N-dealkylation sites (tertiary alicyclic amines) is 1. The number of halogens is 1. The second-order valence-electron chi connectivity index (χ2n) is 7.66. The first kappa shape index (κ1) is 24.1. The molecule has 1 atom stereocenters. The molecule has 2 saturated heterocycles. The van der Waals surface area contributed by atoms with Crippen molar-refractivity contribution >= 4 is 33.4 Å². The van der Waals surface area contributed by atoms with E-state index in [0.29, 0.717) is 17.9 Å². The first-order valence-electron chi connectivity index (χ1n) is 10.4. The molecule has 0 unspecified atom stereocenters. The number of nitrogens with two attached hydrogens (primary N) is 1. The molecule has 0 aliphatic carbocycles. The molecule has 3 N–H and O–H groups in total. The first-order chi connectivity index (χ1) is 15.2. The van der Waals surface area contributed by atoms with Gasteiger partial charge in [-0.2, -0.15) is 4.72 Å². The first-order valence-corrected chi connectivity index (χ1v) is 11.9. The minimum absolute atomic E-state index is 0.0698. The number of rotatable bonds is 7. The maximum Gasteiger partial charge on any atom is 0.253 e. The summed E-state index contributed by atoms with van der Waals surface area (Å²) in [4.78, 5) is 39.6. The van der Waals surface area contributed by atoms with E-state index in [1.807, 2.05) is 0 Å².